The molecule has 0 atom stereocenters. The van der Waals surface area contributed by atoms with Gasteiger partial charge in [0.15, 0.2) is 11.6 Å². The van der Waals surface area contributed by atoms with Crippen LogP contribution in [0.25, 0.3) is 0 Å². The van der Waals surface area contributed by atoms with Gasteiger partial charge in [-0.25, -0.2) is 8.78 Å². The highest BCUT2D eigenvalue weighted by molar-refractivity contribution is 6.30. The first-order valence-corrected chi connectivity index (χ1v) is 6.43. The van der Waals surface area contributed by atoms with E-state index in [4.69, 9.17) is 11.6 Å². The average Bonchev–Trinajstić information content (AvgIpc) is 2.44. The molecule has 0 aliphatic rings. The molecule has 0 aliphatic heterocycles. The first kappa shape index (κ1) is 14.5. The van der Waals surface area contributed by atoms with Crippen molar-refractivity contribution in [2.24, 2.45) is 0 Å². The Morgan fingerprint density at radius 2 is 1.75 bits per heavy atom. The van der Waals surface area contributed by atoms with Crippen molar-refractivity contribution in [1.82, 2.24) is 0 Å². The molecule has 2 nitrogen and oxygen atoms in total. The van der Waals surface area contributed by atoms with Crippen LogP contribution in [0.2, 0.25) is 5.02 Å². The molecule has 0 heterocycles. The van der Waals surface area contributed by atoms with Gasteiger partial charge < -0.3 is 4.90 Å². The summed E-state index contributed by atoms with van der Waals surface area (Å²) in [4.78, 5) is 13.7. The van der Waals surface area contributed by atoms with Crippen molar-refractivity contribution in [2.75, 3.05) is 11.4 Å². The van der Waals surface area contributed by atoms with E-state index in [1.54, 1.807) is 31.2 Å². The minimum absolute atomic E-state index is 0.296. The third kappa shape index (κ3) is 2.96. The second-order valence-electron chi connectivity index (χ2n) is 4.15. The van der Waals surface area contributed by atoms with Crippen molar-refractivity contribution in [3.8, 4) is 0 Å². The van der Waals surface area contributed by atoms with E-state index in [0.717, 1.165) is 12.1 Å². The van der Waals surface area contributed by atoms with Crippen LogP contribution < -0.4 is 4.90 Å². The van der Waals surface area contributed by atoms with Crippen molar-refractivity contribution < 1.29 is 13.6 Å². The minimum Gasteiger partial charge on any atom is -0.309 e. The fraction of sp³-hybridized carbons (Fsp3) is 0.133. The number of hydrogen-bond acceptors (Lipinski definition) is 1. The minimum atomic E-state index is -0.982. The Bertz CT molecular complexity index is 628. The Morgan fingerprint density at radius 1 is 1.10 bits per heavy atom. The molecule has 0 N–H and O–H groups in total. The third-order valence-electron chi connectivity index (χ3n) is 2.87. The first-order valence-electron chi connectivity index (χ1n) is 6.05. The second kappa shape index (κ2) is 6.01. The SMILES string of the molecule is CCN(C(=O)c1ccc(Cl)cc1)c1ccc(F)c(F)c1. The van der Waals surface area contributed by atoms with Crippen molar-refractivity contribution in [3.63, 3.8) is 0 Å². The lowest BCUT2D eigenvalue weighted by Crippen LogP contribution is -2.30. The summed E-state index contributed by atoms with van der Waals surface area (Å²) in [7, 11) is 0. The molecule has 0 bridgehead atoms. The van der Waals surface area contributed by atoms with Gasteiger partial charge in [0.05, 0.1) is 0 Å². The Labute approximate surface area is 120 Å². The summed E-state index contributed by atoms with van der Waals surface area (Å²) >= 11 is 5.77. The first-order chi connectivity index (χ1) is 9.52. The molecule has 1 amide bonds. The Morgan fingerprint density at radius 3 is 2.30 bits per heavy atom. The van der Waals surface area contributed by atoms with Gasteiger partial charge in [0.25, 0.3) is 5.91 Å². The predicted molar refractivity (Wildman–Crippen MR) is 75.2 cm³/mol. The molecule has 104 valence electrons. The quantitative estimate of drug-likeness (QED) is 0.827. The van der Waals surface area contributed by atoms with Crippen LogP contribution in [0.1, 0.15) is 17.3 Å². The van der Waals surface area contributed by atoms with Crippen molar-refractivity contribution in [3.05, 3.63) is 64.7 Å². The molecule has 0 unspecified atom stereocenters. The van der Waals surface area contributed by atoms with Crippen molar-refractivity contribution in [2.45, 2.75) is 6.92 Å². The van der Waals surface area contributed by atoms with Gasteiger partial charge in [0.1, 0.15) is 0 Å². The average molecular weight is 296 g/mol. The van der Waals surface area contributed by atoms with Crippen molar-refractivity contribution in [1.29, 1.82) is 0 Å². The zero-order chi connectivity index (χ0) is 14.7. The molecule has 0 saturated heterocycles. The molecule has 0 radical (unpaired) electrons. The van der Waals surface area contributed by atoms with Crippen LogP contribution in [0.3, 0.4) is 0 Å². The fourth-order valence-corrected chi connectivity index (χ4v) is 1.97. The number of carbonyl (C=O) groups excluding carboxylic acids is 1. The lowest BCUT2D eigenvalue weighted by molar-refractivity contribution is 0.0988. The third-order valence-corrected chi connectivity index (χ3v) is 3.12. The summed E-state index contributed by atoms with van der Waals surface area (Å²) in [5, 5.41) is 0.525. The molecule has 5 heteroatoms. The number of carbonyl (C=O) groups is 1. The number of halogens is 3. The van der Waals surface area contributed by atoms with E-state index < -0.39 is 11.6 Å². The van der Waals surface area contributed by atoms with E-state index in [2.05, 4.69) is 0 Å². The fourth-order valence-electron chi connectivity index (χ4n) is 1.84. The van der Waals surface area contributed by atoms with E-state index in [9.17, 15) is 13.6 Å². The van der Waals surface area contributed by atoms with Gasteiger partial charge >= 0.3 is 0 Å². The second-order valence-corrected chi connectivity index (χ2v) is 4.59. The number of nitrogens with zero attached hydrogens (tertiary/aromatic N) is 1. The summed E-state index contributed by atoms with van der Waals surface area (Å²) in [6, 6.07) is 9.77. The molecular formula is C15H12ClF2NO. The van der Waals surface area contributed by atoms with Gasteiger partial charge in [-0.1, -0.05) is 11.6 Å². The molecular weight excluding hydrogens is 284 g/mol. The van der Waals surface area contributed by atoms with E-state index in [1.807, 2.05) is 0 Å². The molecule has 0 aliphatic carbocycles. The van der Waals surface area contributed by atoms with Crippen LogP contribution in [-0.4, -0.2) is 12.5 Å². The smallest absolute Gasteiger partial charge is 0.258 e. The zero-order valence-electron chi connectivity index (χ0n) is 10.7. The summed E-state index contributed by atoms with van der Waals surface area (Å²) < 4.78 is 26.2. The summed E-state index contributed by atoms with van der Waals surface area (Å²) in [6.07, 6.45) is 0. The van der Waals surface area contributed by atoms with Crippen LogP contribution in [0.15, 0.2) is 42.5 Å². The Hall–Kier alpha value is -1.94. The largest absolute Gasteiger partial charge is 0.309 e. The molecule has 0 spiro atoms. The van der Waals surface area contributed by atoms with Crippen LogP contribution in [-0.2, 0) is 0 Å². The highest BCUT2D eigenvalue weighted by Gasteiger charge is 2.17. The number of hydrogen-bond donors (Lipinski definition) is 0. The van der Waals surface area contributed by atoms with Crippen molar-refractivity contribution >= 4 is 23.2 Å². The number of anilines is 1. The molecule has 2 rings (SSSR count). The summed E-state index contributed by atoms with van der Waals surface area (Å²) in [5.41, 5.74) is 0.743. The number of amides is 1. The number of rotatable bonds is 3. The zero-order valence-corrected chi connectivity index (χ0v) is 11.5. The molecule has 20 heavy (non-hydrogen) atoms. The molecule has 2 aromatic rings. The van der Waals surface area contributed by atoms with Gasteiger partial charge in [-0.05, 0) is 43.3 Å². The molecule has 0 aromatic heterocycles. The van der Waals surface area contributed by atoms with Crippen LogP contribution in [0.4, 0.5) is 14.5 Å². The van der Waals surface area contributed by atoms with Gasteiger partial charge in [0.2, 0.25) is 0 Å². The maximum atomic E-state index is 13.3. The maximum absolute atomic E-state index is 13.3. The van der Waals surface area contributed by atoms with Gasteiger partial charge in [-0.3, -0.25) is 4.79 Å². The normalized spacial score (nSPS) is 10.4. The maximum Gasteiger partial charge on any atom is 0.258 e. The standard InChI is InChI=1S/C15H12ClF2NO/c1-2-19(12-7-8-13(17)14(18)9-12)15(20)10-3-5-11(16)6-4-10/h3-9H,2H2,1H3. The van der Waals surface area contributed by atoms with E-state index in [0.29, 0.717) is 22.8 Å². The monoisotopic (exact) mass is 295 g/mol. The summed E-state index contributed by atoms with van der Waals surface area (Å²) in [5.74, 6) is -2.22. The van der Waals surface area contributed by atoms with Gasteiger partial charge in [-0.15, -0.1) is 0 Å². The van der Waals surface area contributed by atoms with E-state index in [-0.39, 0.29) is 5.91 Å². The van der Waals surface area contributed by atoms with Crippen LogP contribution in [0, 0.1) is 11.6 Å². The Kier molecular flexibility index (Phi) is 4.35. The summed E-state index contributed by atoms with van der Waals surface area (Å²) in [6.45, 7) is 2.10. The number of benzene rings is 2. The predicted octanol–water partition coefficient (Wildman–Crippen LogP) is 4.28. The lowest BCUT2D eigenvalue weighted by atomic mass is 10.1. The highest BCUT2D eigenvalue weighted by Crippen LogP contribution is 2.20. The molecule has 0 fully saturated rings. The lowest BCUT2D eigenvalue weighted by Gasteiger charge is -2.21. The van der Waals surface area contributed by atoms with Gasteiger partial charge in [-0.2, -0.15) is 0 Å². The van der Waals surface area contributed by atoms with E-state index >= 15 is 0 Å². The van der Waals surface area contributed by atoms with E-state index in [1.165, 1.54) is 11.0 Å². The van der Waals surface area contributed by atoms with Crippen LogP contribution in [0.5, 0.6) is 0 Å². The highest BCUT2D eigenvalue weighted by atomic mass is 35.5. The topological polar surface area (TPSA) is 20.3 Å². The van der Waals surface area contributed by atoms with Crippen LogP contribution >= 0.6 is 11.6 Å². The molecule has 2 aromatic carbocycles. The Balaban J connectivity index is 2.33. The van der Waals surface area contributed by atoms with Gasteiger partial charge in [0, 0.05) is 28.9 Å². The molecule has 0 saturated carbocycles.